The second-order valence-electron chi connectivity index (χ2n) is 6.49. The molecule has 0 amide bonds. The predicted molar refractivity (Wildman–Crippen MR) is 114 cm³/mol. The first-order chi connectivity index (χ1) is 12.5. The van der Waals surface area contributed by atoms with Gasteiger partial charge < -0.3 is 15.5 Å². The van der Waals surface area contributed by atoms with Gasteiger partial charge in [-0.1, -0.05) is 15.9 Å². The molecular weight excluding hydrogens is 410 g/mol. The quantitative estimate of drug-likeness (QED) is 0.552. The van der Waals surface area contributed by atoms with Gasteiger partial charge in [-0.25, -0.2) is 9.98 Å². The lowest BCUT2D eigenvalue weighted by Gasteiger charge is -2.20. The van der Waals surface area contributed by atoms with Crippen LogP contribution in [0.4, 0.5) is 5.69 Å². The number of rotatable bonds is 5. The third-order valence-electron chi connectivity index (χ3n) is 4.45. The first-order valence-corrected chi connectivity index (χ1v) is 10.6. The molecule has 2 heterocycles. The Hall–Kier alpha value is -1.60. The summed E-state index contributed by atoms with van der Waals surface area (Å²) in [6, 6.07) is 8.93. The zero-order valence-corrected chi connectivity index (χ0v) is 18.0. The highest BCUT2D eigenvalue weighted by Gasteiger charge is 2.23. The molecule has 1 saturated heterocycles. The van der Waals surface area contributed by atoms with E-state index in [0.29, 0.717) is 12.6 Å². The smallest absolute Gasteiger partial charge is 0.191 e. The third-order valence-corrected chi connectivity index (χ3v) is 6.03. The number of guanidine groups is 1. The van der Waals surface area contributed by atoms with E-state index in [0.717, 1.165) is 47.2 Å². The average Bonchev–Trinajstić information content (AvgIpc) is 3.20. The van der Waals surface area contributed by atoms with Crippen LogP contribution < -0.4 is 15.5 Å². The number of aromatic nitrogens is 1. The molecule has 0 bridgehead atoms. The molecule has 2 aromatic rings. The van der Waals surface area contributed by atoms with Crippen LogP contribution in [0.2, 0.25) is 0 Å². The number of nitrogens with one attached hydrogen (secondary N) is 2. The van der Waals surface area contributed by atoms with Crippen molar-refractivity contribution in [3.63, 3.8) is 0 Å². The first kappa shape index (κ1) is 19.2. The molecule has 140 valence electrons. The van der Waals surface area contributed by atoms with Crippen LogP contribution in [0.1, 0.15) is 28.9 Å². The molecule has 3 rings (SSSR count). The second-order valence-corrected chi connectivity index (χ2v) is 8.69. The van der Waals surface area contributed by atoms with Crippen molar-refractivity contribution in [3.8, 4) is 0 Å². The van der Waals surface area contributed by atoms with Crippen molar-refractivity contribution in [1.29, 1.82) is 0 Å². The summed E-state index contributed by atoms with van der Waals surface area (Å²) in [5, 5.41) is 8.07. The van der Waals surface area contributed by atoms with E-state index in [4.69, 9.17) is 4.99 Å². The molecule has 26 heavy (non-hydrogen) atoms. The summed E-state index contributed by atoms with van der Waals surface area (Å²) in [4.78, 5) is 12.9. The Balaban J connectivity index is 1.60. The summed E-state index contributed by atoms with van der Waals surface area (Å²) >= 11 is 5.23. The number of aliphatic imine (C=N–C) groups is 1. The van der Waals surface area contributed by atoms with Gasteiger partial charge in [0.1, 0.15) is 0 Å². The van der Waals surface area contributed by atoms with Crippen molar-refractivity contribution in [2.45, 2.75) is 39.8 Å². The lowest BCUT2D eigenvalue weighted by Crippen LogP contribution is -2.44. The average molecular weight is 436 g/mol. The minimum atomic E-state index is 0.403. The summed E-state index contributed by atoms with van der Waals surface area (Å²) in [7, 11) is 0. The van der Waals surface area contributed by atoms with E-state index in [1.807, 2.05) is 6.92 Å². The molecule has 5 nitrogen and oxygen atoms in total. The lowest BCUT2D eigenvalue weighted by molar-refractivity contribution is 0.649. The highest BCUT2D eigenvalue weighted by Crippen LogP contribution is 2.22. The van der Waals surface area contributed by atoms with E-state index in [1.165, 1.54) is 10.6 Å². The van der Waals surface area contributed by atoms with Crippen LogP contribution in [0.5, 0.6) is 0 Å². The van der Waals surface area contributed by atoms with Crippen molar-refractivity contribution in [2.24, 2.45) is 4.99 Å². The van der Waals surface area contributed by atoms with Crippen LogP contribution in [0.15, 0.2) is 33.7 Å². The highest BCUT2D eigenvalue weighted by atomic mass is 79.9. The van der Waals surface area contributed by atoms with Gasteiger partial charge in [0.2, 0.25) is 0 Å². The van der Waals surface area contributed by atoms with Crippen molar-refractivity contribution in [3.05, 3.63) is 44.3 Å². The van der Waals surface area contributed by atoms with Gasteiger partial charge in [-0.2, -0.15) is 0 Å². The largest absolute Gasteiger partial charge is 0.369 e. The molecular formula is C19H26BrN5S. The Morgan fingerprint density at radius 1 is 1.35 bits per heavy atom. The number of hydrogen-bond donors (Lipinski definition) is 2. The van der Waals surface area contributed by atoms with Gasteiger partial charge in [0.15, 0.2) is 5.96 Å². The summed E-state index contributed by atoms with van der Waals surface area (Å²) in [5.41, 5.74) is 2.37. The number of anilines is 1. The van der Waals surface area contributed by atoms with E-state index >= 15 is 0 Å². The minimum Gasteiger partial charge on any atom is -0.369 e. The van der Waals surface area contributed by atoms with Crippen molar-refractivity contribution in [2.75, 3.05) is 24.5 Å². The Bertz CT molecular complexity index is 756. The maximum Gasteiger partial charge on any atom is 0.191 e. The van der Waals surface area contributed by atoms with Gasteiger partial charge in [0.05, 0.1) is 17.2 Å². The molecule has 0 aliphatic carbocycles. The SMILES string of the molecule is CCNC(=NCc1sc(C)nc1C)NC1CCN(c2ccc(Br)cc2)C1. The van der Waals surface area contributed by atoms with Gasteiger partial charge in [-0.3, -0.25) is 0 Å². The Morgan fingerprint density at radius 2 is 2.12 bits per heavy atom. The maximum atomic E-state index is 4.77. The van der Waals surface area contributed by atoms with Crippen molar-refractivity contribution in [1.82, 2.24) is 15.6 Å². The molecule has 0 radical (unpaired) electrons. The van der Waals surface area contributed by atoms with E-state index < -0.39 is 0 Å². The van der Waals surface area contributed by atoms with Crippen molar-refractivity contribution >= 4 is 38.9 Å². The van der Waals surface area contributed by atoms with Crippen LogP contribution >= 0.6 is 27.3 Å². The van der Waals surface area contributed by atoms with Crippen LogP contribution in [0.3, 0.4) is 0 Å². The van der Waals surface area contributed by atoms with Gasteiger partial charge >= 0.3 is 0 Å². The Kier molecular flexibility index (Phi) is 6.53. The summed E-state index contributed by atoms with van der Waals surface area (Å²) in [6.45, 7) is 9.79. The topological polar surface area (TPSA) is 52.6 Å². The zero-order valence-electron chi connectivity index (χ0n) is 15.6. The molecule has 1 aliphatic rings. The molecule has 1 aromatic heterocycles. The minimum absolute atomic E-state index is 0.403. The summed E-state index contributed by atoms with van der Waals surface area (Å²) in [6.07, 6.45) is 1.11. The van der Waals surface area contributed by atoms with Gasteiger partial charge in [0, 0.05) is 40.7 Å². The number of halogens is 1. The monoisotopic (exact) mass is 435 g/mol. The molecule has 0 saturated carbocycles. The summed E-state index contributed by atoms with van der Waals surface area (Å²) in [5.74, 6) is 0.889. The van der Waals surface area contributed by atoms with Gasteiger partial charge in [-0.15, -0.1) is 11.3 Å². The van der Waals surface area contributed by atoms with Crippen LogP contribution in [0, 0.1) is 13.8 Å². The van der Waals surface area contributed by atoms with E-state index in [-0.39, 0.29) is 0 Å². The normalized spacial score (nSPS) is 17.6. The molecule has 1 atom stereocenters. The second kappa shape index (κ2) is 8.86. The van der Waals surface area contributed by atoms with Crippen LogP contribution in [-0.2, 0) is 6.54 Å². The van der Waals surface area contributed by atoms with Gasteiger partial charge in [0.25, 0.3) is 0 Å². The molecule has 1 aliphatic heterocycles. The van der Waals surface area contributed by atoms with Crippen molar-refractivity contribution < 1.29 is 0 Å². The number of hydrogen-bond acceptors (Lipinski definition) is 4. The lowest BCUT2D eigenvalue weighted by atomic mass is 10.3. The number of benzene rings is 1. The highest BCUT2D eigenvalue weighted by molar-refractivity contribution is 9.10. The first-order valence-electron chi connectivity index (χ1n) is 9.03. The maximum absolute atomic E-state index is 4.77. The number of aryl methyl sites for hydroxylation is 2. The zero-order chi connectivity index (χ0) is 18.5. The van der Waals surface area contributed by atoms with Crippen LogP contribution in [0.25, 0.3) is 0 Å². The standard InChI is InChI=1S/C19H26BrN5S/c1-4-21-19(22-11-18-13(2)23-14(3)26-18)24-16-9-10-25(12-16)17-7-5-15(20)6-8-17/h5-8,16H,4,9-12H2,1-3H3,(H2,21,22,24). The Morgan fingerprint density at radius 3 is 2.77 bits per heavy atom. The third kappa shape index (κ3) is 4.98. The fourth-order valence-electron chi connectivity index (χ4n) is 3.15. The number of nitrogens with zero attached hydrogens (tertiary/aromatic N) is 3. The van der Waals surface area contributed by atoms with Crippen LogP contribution in [-0.4, -0.2) is 36.6 Å². The molecule has 2 N–H and O–H groups in total. The molecule has 0 spiro atoms. The molecule has 1 unspecified atom stereocenters. The fraction of sp³-hybridized carbons (Fsp3) is 0.474. The Labute approximate surface area is 168 Å². The fourth-order valence-corrected chi connectivity index (χ4v) is 4.27. The summed E-state index contributed by atoms with van der Waals surface area (Å²) < 4.78 is 1.12. The predicted octanol–water partition coefficient (Wildman–Crippen LogP) is 3.86. The van der Waals surface area contributed by atoms with E-state index in [2.05, 4.69) is 74.6 Å². The molecule has 1 fully saturated rings. The molecule has 1 aromatic carbocycles. The van der Waals surface area contributed by atoms with E-state index in [1.54, 1.807) is 11.3 Å². The van der Waals surface area contributed by atoms with Gasteiger partial charge in [-0.05, 0) is 51.5 Å². The van der Waals surface area contributed by atoms with E-state index in [9.17, 15) is 0 Å². The number of thiazole rings is 1. The molecule has 7 heteroatoms.